The predicted octanol–water partition coefficient (Wildman–Crippen LogP) is 7.97. The molecule has 12 nitrogen and oxygen atoms in total. The highest BCUT2D eigenvalue weighted by Crippen LogP contribution is 2.26. The second kappa shape index (κ2) is 17.1. The highest BCUT2D eigenvalue weighted by Gasteiger charge is 2.40. The van der Waals surface area contributed by atoms with E-state index in [1.165, 1.54) is 17.2 Å². The molecule has 0 aromatic heterocycles. The van der Waals surface area contributed by atoms with Crippen molar-refractivity contribution in [3.05, 3.63) is 130 Å². The van der Waals surface area contributed by atoms with Gasteiger partial charge in [-0.05, 0) is 104 Å². The number of carbonyl (C=O) groups is 1. The van der Waals surface area contributed by atoms with E-state index < -0.39 is 11.4 Å². The van der Waals surface area contributed by atoms with Crippen LogP contribution in [0.3, 0.4) is 0 Å². The number of aryl methyl sites for hydroxylation is 4. The predicted molar refractivity (Wildman–Crippen MR) is 203 cm³/mol. The Morgan fingerprint density at radius 2 is 1.18 bits per heavy atom. The molecule has 2 aliphatic heterocycles. The van der Waals surface area contributed by atoms with Crippen LogP contribution in [0.4, 0.5) is 16.2 Å². The van der Waals surface area contributed by atoms with E-state index in [0.717, 1.165) is 22.3 Å². The lowest BCUT2D eigenvalue weighted by molar-refractivity contribution is -0.0805. The third kappa shape index (κ3) is 10.8. The Morgan fingerprint density at radius 3 is 1.65 bits per heavy atom. The number of anilines is 1. The zero-order valence-corrected chi connectivity index (χ0v) is 29.7. The molecule has 4 aromatic rings. The maximum Gasteiger partial charge on any atom is 0.338 e. The molecule has 0 saturated carbocycles. The van der Waals surface area contributed by atoms with Gasteiger partial charge in [0.05, 0.1) is 5.69 Å². The SMILES string of the molecule is C.Cc1cc(C)cc(C2=NOC(C)(C)N2N)c1.Cc1cc(C)cc(C2=NOC(C)(C)N2NC(=O)Nc2ccccc2)c1.O=C=Nc1ccccc1. The average molecular weight is 693 g/mol. The molecule has 0 saturated heterocycles. The third-order valence-corrected chi connectivity index (χ3v) is 7.41. The minimum atomic E-state index is -0.791. The normalized spacial score (nSPS) is 14.7. The molecule has 0 fully saturated rings. The molecule has 0 atom stereocenters. The Kier molecular flexibility index (Phi) is 13.2. The van der Waals surface area contributed by atoms with Crippen LogP contribution in [-0.2, 0) is 14.5 Å². The number of aliphatic imine (C=N–C) groups is 1. The molecule has 51 heavy (non-hydrogen) atoms. The first-order chi connectivity index (χ1) is 23.7. The number of para-hydroxylation sites is 2. The summed E-state index contributed by atoms with van der Waals surface area (Å²) < 4.78 is 0. The summed E-state index contributed by atoms with van der Waals surface area (Å²) in [5.41, 5.74) is 9.33. The van der Waals surface area contributed by atoms with Crippen molar-refractivity contribution in [1.82, 2.24) is 15.4 Å². The summed E-state index contributed by atoms with van der Waals surface area (Å²) >= 11 is 0. The standard InChI is InChI=1S/C19H22N4O2.C12H17N3O.C7H5NO.CH4/c1-13-10-14(2)12-15(11-13)17-22-25-19(3,4)23(17)21-18(24)20-16-8-6-5-7-9-16;1-8-5-9(2)7-10(6-8)11-14-16-12(3,4)15(11)13;9-6-8-7-4-2-1-3-5-7;/h5-12H,1-4H3,(H2,20,21,24);5-7H,13H2,1-4H3;1-5H;1H4. The van der Waals surface area contributed by atoms with Gasteiger partial charge in [0.2, 0.25) is 17.5 Å². The number of nitrogens with two attached hydrogens (primary N) is 1. The number of carbonyl (C=O) groups excluding carboxylic acids is 2. The van der Waals surface area contributed by atoms with Crippen molar-refractivity contribution in [3.8, 4) is 0 Å². The van der Waals surface area contributed by atoms with Crippen molar-refractivity contribution in [2.45, 2.75) is 74.3 Å². The highest BCUT2D eigenvalue weighted by atomic mass is 16.7. The lowest BCUT2D eigenvalue weighted by Crippen LogP contribution is -2.55. The number of amides is 2. The summed E-state index contributed by atoms with van der Waals surface area (Å²) in [6, 6.07) is 30.2. The summed E-state index contributed by atoms with van der Waals surface area (Å²) in [6.07, 6.45) is 1.46. The maximum atomic E-state index is 12.4. The first-order valence-corrected chi connectivity index (χ1v) is 16.0. The molecule has 0 spiro atoms. The molecule has 2 heterocycles. The molecule has 0 radical (unpaired) electrons. The number of oxime groups is 2. The van der Waals surface area contributed by atoms with Crippen LogP contribution in [-0.4, -0.2) is 45.3 Å². The number of hydrogen-bond donors (Lipinski definition) is 3. The first-order valence-electron chi connectivity index (χ1n) is 16.0. The first kappa shape index (κ1) is 39.5. The number of isocyanates is 1. The van der Waals surface area contributed by atoms with Crippen LogP contribution in [0.5, 0.6) is 0 Å². The van der Waals surface area contributed by atoms with E-state index in [9.17, 15) is 9.59 Å². The number of rotatable bonds is 5. The van der Waals surface area contributed by atoms with Crippen molar-refractivity contribution in [2.24, 2.45) is 21.1 Å². The molecule has 2 amide bonds. The van der Waals surface area contributed by atoms with Gasteiger partial charge in [-0.2, -0.15) is 4.99 Å². The molecule has 0 unspecified atom stereocenters. The summed E-state index contributed by atoms with van der Waals surface area (Å²) in [4.78, 5) is 36.3. The van der Waals surface area contributed by atoms with Crippen molar-refractivity contribution in [3.63, 3.8) is 0 Å². The number of urea groups is 1. The van der Waals surface area contributed by atoms with Gasteiger partial charge in [0.1, 0.15) is 0 Å². The molecule has 0 bridgehead atoms. The van der Waals surface area contributed by atoms with Gasteiger partial charge in [-0.15, -0.1) is 0 Å². The molecular weight excluding hydrogens is 644 g/mol. The summed E-state index contributed by atoms with van der Waals surface area (Å²) in [7, 11) is 0. The second-order valence-corrected chi connectivity index (χ2v) is 12.8. The molecule has 4 aromatic carbocycles. The summed E-state index contributed by atoms with van der Waals surface area (Å²) in [6.45, 7) is 15.6. The van der Waals surface area contributed by atoms with Gasteiger partial charge in [-0.1, -0.05) is 88.5 Å². The van der Waals surface area contributed by atoms with Crippen LogP contribution in [0.25, 0.3) is 0 Å². The molecular formula is C39H48N8O4. The van der Waals surface area contributed by atoms with E-state index in [4.69, 9.17) is 15.5 Å². The van der Waals surface area contributed by atoms with Crippen LogP contribution in [0.1, 0.15) is 68.5 Å². The fourth-order valence-corrected chi connectivity index (χ4v) is 5.10. The van der Waals surface area contributed by atoms with Crippen LogP contribution < -0.4 is 16.6 Å². The van der Waals surface area contributed by atoms with Crippen molar-refractivity contribution < 1.29 is 19.3 Å². The third-order valence-electron chi connectivity index (χ3n) is 7.41. The number of amidine groups is 2. The average Bonchev–Trinajstić information content (AvgIpc) is 3.50. The smallest absolute Gasteiger partial charge is 0.338 e. The Labute approximate surface area is 300 Å². The molecule has 12 heteroatoms. The van der Waals surface area contributed by atoms with Gasteiger partial charge in [-0.3, -0.25) is 0 Å². The Bertz CT molecular complexity index is 1860. The van der Waals surface area contributed by atoms with E-state index in [1.54, 1.807) is 22.2 Å². The monoisotopic (exact) mass is 692 g/mol. The van der Waals surface area contributed by atoms with E-state index in [2.05, 4.69) is 64.2 Å². The lowest BCUT2D eigenvalue weighted by atomic mass is 10.1. The van der Waals surface area contributed by atoms with Gasteiger partial charge in [0.15, 0.2) is 11.7 Å². The topological polar surface area (TPSA) is 146 Å². The van der Waals surface area contributed by atoms with E-state index in [1.807, 2.05) is 102 Å². The zero-order chi connectivity index (χ0) is 36.5. The van der Waals surface area contributed by atoms with Crippen molar-refractivity contribution >= 4 is 35.2 Å². The number of hydrogen-bond acceptors (Lipinski definition) is 10. The van der Waals surface area contributed by atoms with Gasteiger partial charge in [-0.25, -0.2) is 30.9 Å². The molecule has 0 aliphatic carbocycles. The van der Waals surface area contributed by atoms with Crippen LogP contribution in [0, 0.1) is 27.7 Å². The fourth-order valence-electron chi connectivity index (χ4n) is 5.10. The van der Waals surface area contributed by atoms with Gasteiger partial charge in [0.25, 0.3) is 0 Å². The Morgan fingerprint density at radius 1 is 0.725 bits per heavy atom. The van der Waals surface area contributed by atoms with E-state index >= 15 is 0 Å². The highest BCUT2D eigenvalue weighted by molar-refractivity contribution is 6.01. The van der Waals surface area contributed by atoms with E-state index in [0.29, 0.717) is 23.0 Å². The van der Waals surface area contributed by atoms with Gasteiger partial charge < -0.3 is 15.0 Å². The van der Waals surface area contributed by atoms with Gasteiger partial charge >= 0.3 is 6.03 Å². The minimum absolute atomic E-state index is 0. The molecule has 2 aliphatic rings. The van der Waals surface area contributed by atoms with E-state index in [-0.39, 0.29) is 13.5 Å². The maximum absolute atomic E-state index is 12.4. The number of nitrogens with zero attached hydrogens (tertiary/aromatic N) is 5. The van der Waals surface area contributed by atoms with Crippen molar-refractivity contribution in [2.75, 3.05) is 5.32 Å². The number of benzene rings is 4. The van der Waals surface area contributed by atoms with Gasteiger partial charge in [0, 0.05) is 16.8 Å². The van der Waals surface area contributed by atoms with Crippen LogP contribution >= 0.6 is 0 Å². The number of nitrogens with one attached hydrogen (secondary N) is 2. The summed E-state index contributed by atoms with van der Waals surface area (Å²) in [5, 5.41) is 14.2. The van der Waals surface area contributed by atoms with Crippen molar-refractivity contribution in [1.29, 1.82) is 0 Å². The number of hydrazine groups is 2. The Hall–Kier alpha value is -5.97. The lowest BCUT2D eigenvalue weighted by Gasteiger charge is -2.31. The zero-order valence-electron chi connectivity index (χ0n) is 29.7. The van der Waals surface area contributed by atoms with Crippen LogP contribution in [0.2, 0.25) is 0 Å². The molecule has 4 N–H and O–H groups in total. The van der Waals surface area contributed by atoms with Crippen LogP contribution in [0.15, 0.2) is 112 Å². The molecule has 268 valence electrons. The quantitative estimate of drug-likeness (QED) is 0.109. The second-order valence-electron chi connectivity index (χ2n) is 12.8. The summed E-state index contributed by atoms with van der Waals surface area (Å²) in [5.74, 6) is 7.21. The fraction of sp³-hybridized carbons (Fsp3) is 0.282. The molecule has 6 rings (SSSR count). The largest absolute Gasteiger partial charge is 0.364 e. The minimum Gasteiger partial charge on any atom is -0.364 e. The Balaban J connectivity index is 0.000000230.